The molecule has 0 aromatic heterocycles. The fourth-order valence-electron chi connectivity index (χ4n) is 2.03. The van der Waals surface area contributed by atoms with Crippen molar-refractivity contribution in [3.8, 4) is 11.5 Å². The zero-order valence-corrected chi connectivity index (χ0v) is 13.2. The molecule has 0 bridgehead atoms. The Hall–Kier alpha value is -2.01. The van der Waals surface area contributed by atoms with Crippen LogP contribution in [0.5, 0.6) is 11.5 Å². The minimum absolute atomic E-state index is 0.585. The van der Waals surface area contributed by atoms with Crippen LogP contribution in [-0.4, -0.2) is 18.9 Å². The lowest BCUT2D eigenvalue weighted by Crippen LogP contribution is -2.15. The zero-order valence-electron chi connectivity index (χ0n) is 11.6. The highest BCUT2D eigenvalue weighted by molar-refractivity contribution is 9.10. The van der Waals surface area contributed by atoms with Crippen molar-refractivity contribution in [3.05, 3.63) is 52.5 Å². The number of nitrogens with one attached hydrogen (secondary N) is 1. The van der Waals surface area contributed by atoms with Gasteiger partial charge in [0.1, 0.15) is 13.2 Å². The Bertz CT molecular complexity index is 686. The van der Waals surface area contributed by atoms with Crippen LogP contribution in [0.25, 0.3) is 0 Å². The highest BCUT2D eigenvalue weighted by Gasteiger charge is 2.12. The van der Waals surface area contributed by atoms with E-state index in [0.29, 0.717) is 13.2 Å². The molecule has 3 rings (SSSR count). The summed E-state index contributed by atoms with van der Waals surface area (Å²) >= 11 is 3.48. The number of hydrogen-bond acceptors (Lipinski definition) is 4. The lowest BCUT2D eigenvalue weighted by molar-refractivity contribution is 0.171. The van der Waals surface area contributed by atoms with Crippen molar-refractivity contribution in [2.75, 3.05) is 18.6 Å². The SMILES string of the molecule is C/C(=N\Nc1ccccc1Br)c1ccc2c(c1)OCCO2. The molecular weight excluding hydrogens is 332 g/mol. The summed E-state index contributed by atoms with van der Waals surface area (Å²) < 4.78 is 12.1. The Labute approximate surface area is 131 Å². The van der Waals surface area contributed by atoms with Crippen molar-refractivity contribution in [2.24, 2.45) is 5.10 Å². The number of nitrogens with zero attached hydrogens (tertiary/aromatic N) is 1. The van der Waals surface area contributed by atoms with E-state index in [1.54, 1.807) is 0 Å². The molecule has 0 aliphatic carbocycles. The first-order valence-corrected chi connectivity index (χ1v) is 7.48. The Morgan fingerprint density at radius 2 is 1.86 bits per heavy atom. The van der Waals surface area contributed by atoms with Crippen LogP contribution in [0.4, 0.5) is 5.69 Å². The molecule has 21 heavy (non-hydrogen) atoms. The smallest absolute Gasteiger partial charge is 0.162 e. The topological polar surface area (TPSA) is 42.9 Å². The van der Waals surface area contributed by atoms with Crippen molar-refractivity contribution in [1.29, 1.82) is 0 Å². The van der Waals surface area contributed by atoms with Crippen LogP contribution in [0, 0.1) is 0 Å². The highest BCUT2D eigenvalue weighted by atomic mass is 79.9. The van der Waals surface area contributed by atoms with E-state index >= 15 is 0 Å². The van der Waals surface area contributed by atoms with Gasteiger partial charge in [-0.15, -0.1) is 0 Å². The van der Waals surface area contributed by atoms with Gasteiger partial charge in [0.2, 0.25) is 0 Å². The van der Waals surface area contributed by atoms with Crippen LogP contribution in [0.1, 0.15) is 12.5 Å². The molecule has 2 aromatic rings. The van der Waals surface area contributed by atoms with Gasteiger partial charge in [0.25, 0.3) is 0 Å². The summed E-state index contributed by atoms with van der Waals surface area (Å²) in [7, 11) is 0. The molecule has 108 valence electrons. The molecule has 1 aliphatic heterocycles. The zero-order chi connectivity index (χ0) is 14.7. The lowest BCUT2D eigenvalue weighted by Gasteiger charge is -2.18. The molecule has 0 saturated carbocycles. The molecule has 5 heteroatoms. The molecule has 0 radical (unpaired) electrons. The van der Waals surface area contributed by atoms with Gasteiger partial charge in [-0.2, -0.15) is 5.10 Å². The second kappa shape index (κ2) is 6.18. The largest absolute Gasteiger partial charge is 0.486 e. The molecule has 1 N–H and O–H groups in total. The third-order valence-corrected chi connectivity index (χ3v) is 3.87. The molecule has 0 spiro atoms. The summed E-state index contributed by atoms with van der Waals surface area (Å²) in [5.41, 5.74) is 5.86. The number of anilines is 1. The average molecular weight is 347 g/mol. The summed E-state index contributed by atoms with van der Waals surface area (Å²) in [6.45, 7) is 3.14. The quantitative estimate of drug-likeness (QED) is 0.673. The first kappa shape index (κ1) is 13.9. The van der Waals surface area contributed by atoms with E-state index in [-0.39, 0.29) is 0 Å². The molecule has 1 aliphatic rings. The summed E-state index contributed by atoms with van der Waals surface area (Å²) in [6.07, 6.45) is 0. The van der Waals surface area contributed by atoms with E-state index in [1.165, 1.54) is 0 Å². The van der Waals surface area contributed by atoms with E-state index in [0.717, 1.165) is 32.9 Å². The Kier molecular flexibility index (Phi) is 4.10. The molecule has 1 heterocycles. The number of ether oxygens (including phenoxy) is 2. The minimum atomic E-state index is 0.585. The maximum absolute atomic E-state index is 5.59. The summed E-state index contributed by atoms with van der Waals surface area (Å²) in [6, 6.07) is 13.7. The Morgan fingerprint density at radius 1 is 1.10 bits per heavy atom. The maximum Gasteiger partial charge on any atom is 0.162 e. The maximum atomic E-state index is 5.59. The second-order valence-electron chi connectivity index (χ2n) is 4.65. The van der Waals surface area contributed by atoms with Gasteiger partial charge in [-0.3, -0.25) is 5.43 Å². The number of para-hydroxylation sites is 1. The van der Waals surface area contributed by atoms with Crippen molar-refractivity contribution in [1.82, 2.24) is 0 Å². The van der Waals surface area contributed by atoms with Gasteiger partial charge in [-0.05, 0) is 53.2 Å². The predicted molar refractivity (Wildman–Crippen MR) is 87.4 cm³/mol. The lowest BCUT2D eigenvalue weighted by atomic mass is 10.1. The number of halogens is 1. The molecule has 4 nitrogen and oxygen atoms in total. The predicted octanol–water partition coefficient (Wildman–Crippen LogP) is 4.06. The van der Waals surface area contributed by atoms with Crippen LogP contribution in [0.15, 0.2) is 52.0 Å². The molecule has 2 aromatic carbocycles. The molecule has 0 atom stereocenters. The van der Waals surface area contributed by atoms with Crippen LogP contribution >= 0.6 is 15.9 Å². The number of hydrazone groups is 1. The van der Waals surface area contributed by atoms with E-state index < -0.39 is 0 Å². The van der Waals surface area contributed by atoms with Gasteiger partial charge in [-0.25, -0.2) is 0 Å². The van der Waals surface area contributed by atoms with Gasteiger partial charge in [0.15, 0.2) is 11.5 Å². The van der Waals surface area contributed by atoms with Crippen LogP contribution < -0.4 is 14.9 Å². The molecule has 0 fully saturated rings. The van der Waals surface area contributed by atoms with Crippen molar-refractivity contribution in [3.63, 3.8) is 0 Å². The Balaban J connectivity index is 1.80. The number of hydrogen-bond donors (Lipinski definition) is 1. The van der Waals surface area contributed by atoms with Gasteiger partial charge < -0.3 is 9.47 Å². The fraction of sp³-hybridized carbons (Fsp3) is 0.188. The Morgan fingerprint density at radius 3 is 2.67 bits per heavy atom. The van der Waals surface area contributed by atoms with Crippen LogP contribution in [0.2, 0.25) is 0 Å². The van der Waals surface area contributed by atoms with Crippen LogP contribution in [-0.2, 0) is 0 Å². The molecule has 0 saturated heterocycles. The summed E-state index contributed by atoms with van der Waals surface area (Å²) in [4.78, 5) is 0. The van der Waals surface area contributed by atoms with E-state index in [9.17, 15) is 0 Å². The molecule has 0 amide bonds. The van der Waals surface area contributed by atoms with E-state index in [1.807, 2.05) is 49.4 Å². The number of rotatable bonds is 3. The van der Waals surface area contributed by atoms with Gasteiger partial charge in [0.05, 0.1) is 11.4 Å². The van der Waals surface area contributed by atoms with Gasteiger partial charge in [0, 0.05) is 10.0 Å². The van der Waals surface area contributed by atoms with E-state index in [4.69, 9.17) is 9.47 Å². The van der Waals surface area contributed by atoms with E-state index in [2.05, 4.69) is 26.5 Å². The highest BCUT2D eigenvalue weighted by Crippen LogP contribution is 2.31. The number of benzene rings is 2. The fourth-order valence-corrected chi connectivity index (χ4v) is 2.40. The molecule has 0 unspecified atom stereocenters. The van der Waals surface area contributed by atoms with Gasteiger partial charge in [-0.1, -0.05) is 12.1 Å². The molecular formula is C16H15BrN2O2. The van der Waals surface area contributed by atoms with Gasteiger partial charge >= 0.3 is 0 Å². The standard InChI is InChI=1S/C16H15BrN2O2/c1-11(18-19-14-5-3-2-4-13(14)17)12-6-7-15-16(10-12)21-9-8-20-15/h2-7,10,19H,8-9H2,1H3/b18-11+. The third-order valence-electron chi connectivity index (χ3n) is 3.18. The minimum Gasteiger partial charge on any atom is -0.486 e. The second-order valence-corrected chi connectivity index (χ2v) is 5.50. The third kappa shape index (κ3) is 3.19. The van der Waals surface area contributed by atoms with Crippen molar-refractivity contribution < 1.29 is 9.47 Å². The normalized spacial score (nSPS) is 13.9. The van der Waals surface area contributed by atoms with Crippen molar-refractivity contribution >= 4 is 27.3 Å². The van der Waals surface area contributed by atoms with Crippen molar-refractivity contribution in [2.45, 2.75) is 6.92 Å². The summed E-state index contributed by atoms with van der Waals surface area (Å²) in [5.74, 6) is 1.56. The monoisotopic (exact) mass is 346 g/mol. The number of fused-ring (bicyclic) bond motifs is 1. The average Bonchev–Trinajstić information content (AvgIpc) is 2.53. The first-order valence-electron chi connectivity index (χ1n) is 6.69. The van der Waals surface area contributed by atoms with Crippen LogP contribution in [0.3, 0.4) is 0 Å². The first-order chi connectivity index (χ1) is 10.2. The summed E-state index contributed by atoms with van der Waals surface area (Å²) in [5, 5.41) is 4.41.